The number of nitriles is 1. The molecule has 0 atom stereocenters. The van der Waals surface area contributed by atoms with Gasteiger partial charge in [-0.2, -0.15) is 5.26 Å². The molecule has 0 radical (unpaired) electrons. The summed E-state index contributed by atoms with van der Waals surface area (Å²) < 4.78 is 1.71. The molecule has 0 amide bonds. The Hall–Kier alpha value is -2.59. The molecule has 1 aliphatic rings. The van der Waals surface area contributed by atoms with Crippen molar-refractivity contribution in [2.24, 2.45) is 0 Å². The number of benzene rings is 2. The molecule has 0 bridgehead atoms. The predicted molar refractivity (Wildman–Crippen MR) is 132 cm³/mol. The van der Waals surface area contributed by atoms with Crippen LogP contribution in [0.15, 0.2) is 52.4 Å². The first-order valence-electron chi connectivity index (χ1n) is 10.5. The Kier molecular flexibility index (Phi) is 5.81. The first-order valence-corrected chi connectivity index (χ1v) is 12.7. The first-order chi connectivity index (χ1) is 15.5. The van der Waals surface area contributed by atoms with Crippen molar-refractivity contribution in [3.05, 3.63) is 85.0 Å². The zero-order valence-corrected chi connectivity index (χ0v) is 19.9. The number of rotatable bonds is 4. The molecule has 4 aromatic rings. The number of thioether (sulfide) groups is 1. The molecule has 0 spiro atoms. The van der Waals surface area contributed by atoms with Crippen LogP contribution < -0.4 is 5.56 Å². The second-order valence-electron chi connectivity index (χ2n) is 7.96. The maximum absolute atomic E-state index is 13.8. The summed E-state index contributed by atoms with van der Waals surface area (Å²) in [5.41, 5.74) is 4.58. The standard InChI is InChI=1S/C25H20ClN3OS2/c1-15-6-11-18(12-20(15)26)29-24(30)22-19-4-2-3-5-21(19)32-23(22)28-25(29)31-14-17-9-7-16(13-27)8-10-17/h6-12H,2-5,14H2,1H3. The molecule has 5 rings (SSSR count). The van der Waals surface area contributed by atoms with Crippen LogP contribution in [-0.2, 0) is 18.6 Å². The fraction of sp³-hybridized carbons (Fsp3) is 0.240. The summed E-state index contributed by atoms with van der Waals surface area (Å²) in [5.74, 6) is 0.647. The molecule has 32 heavy (non-hydrogen) atoms. The third-order valence-corrected chi connectivity index (χ3v) is 8.43. The Labute approximate surface area is 199 Å². The second-order valence-corrected chi connectivity index (χ2v) is 10.4. The SMILES string of the molecule is Cc1ccc(-n2c(SCc3ccc(C#N)cc3)nc3sc4c(c3c2=O)CCCC4)cc1Cl. The van der Waals surface area contributed by atoms with E-state index >= 15 is 0 Å². The summed E-state index contributed by atoms with van der Waals surface area (Å²) in [7, 11) is 0. The molecular weight excluding hydrogens is 458 g/mol. The van der Waals surface area contributed by atoms with Crippen LogP contribution in [0.3, 0.4) is 0 Å². The van der Waals surface area contributed by atoms with Crippen molar-refractivity contribution in [1.29, 1.82) is 5.26 Å². The Bertz CT molecular complexity index is 1430. The lowest BCUT2D eigenvalue weighted by molar-refractivity contribution is 0.699. The second kappa shape index (κ2) is 8.74. The van der Waals surface area contributed by atoms with Crippen molar-refractivity contribution < 1.29 is 0 Å². The Morgan fingerprint density at radius 3 is 2.72 bits per heavy atom. The average Bonchev–Trinajstić information content (AvgIpc) is 3.19. The minimum absolute atomic E-state index is 0.0170. The molecule has 0 N–H and O–H groups in total. The van der Waals surface area contributed by atoms with E-state index in [1.807, 2.05) is 49.4 Å². The topological polar surface area (TPSA) is 58.7 Å². The molecule has 160 valence electrons. The molecule has 0 fully saturated rings. The van der Waals surface area contributed by atoms with E-state index in [4.69, 9.17) is 21.8 Å². The molecule has 0 unspecified atom stereocenters. The maximum atomic E-state index is 13.8. The van der Waals surface area contributed by atoms with Crippen molar-refractivity contribution >= 4 is 44.9 Å². The minimum Gasteiger partial charge on any atom is -0.268 e. The molecule has 7 heteroatoms. The van der Waals surface area contributed by atoms with Gasteiger partial charge in [-0.1, -0.05) is 41.6 Å². The molecule has 0 saturated carbocycles. The maximum Gasteiger partial charge on any atom is 0.267 e. The number of thiophene rings is 1. The molecule has 0 saturated heterocycles. The smallest absolute Gasteiger partial charge is 0.267 e. The lowest BCUT2D eigenvalue weighted by Crippen LogP contribution is -2.22. The van der Waals surface area contributed by atoms with E-state index in [2.05, 4.69) is 6.07 Å². The lowest BCUT2D eigenvalue weighted by atomic mass is 9.97. The molecule has 2 aromatic heterocycles. The van der Waals surface area contributed by atoms with Gasteiger partial charge in [0.05, 0.1) is 22.7 Å². The number of hydrogen-bond acceptors (Lipinski definition) is 5. The minimum atomic E-state index is -0.0170. The molecular formula is C25H20ClN3OS2. The molecule has 2 aromatic carbocycles. The van der Waals surface area contributed by atoms with E-state index in [-0.39, 0.29) is 5.56 Å². The fourth-order valence-corrected chi connectivity index (χ4v) is 6.50. The highest BCUT2D eigenvalue weighted by Crippen LogP contribution is 2.36. The van der Waals surface area contributed by atoms with Gasteiger partial charge in [0.2, 0.25) is 0 Å². The van der Waals surface area contributed by atoms with Gasteiger partial charge in [-0.3, -0.25) is 9.36 Å². The van der Waals surface area contributed by atoms with Crippen molar-refractivity contribution in [2.45, 2.75) is 43.5 Å². The van der Waals surface area contributed by atoms with Crippen molar-refractivity contribution in [3.8, 4) is 11.8 Å². The van der Waals surface area contributed by atoms with Crippen LogP contribution in [0.1, 0.15) is 40.0 Å². The van der Waals surface area contributed by atoms with E-state index in [0.29, 0.717) is 21.5 Å². The lowest BCUT2D eigenvalue weighted by Gasteiger charge is -2.14. The molecule has 1 aliphatic carbocycles. The number of fused-ring (bicyclic) bond motifs is 3. The van der Waals surface area contributed by atoms with E-state index in [1.54, 1.807) is 15.9 Å². The first kappa shape index (κ1) is 21.3. The van der Waals surface area contributed by atoms with Crippen molar-refractivity contribution in [3.63, 3.8) is 0 Å². The summed E-state index contributed by atoms with van der Waals surface area (Å²) in [6.07, 6.45) is 4.25. The molecule has 4 nitrogen and oxygen atoms in total. The van der Waals surface area contributed by atoms with Crippen LogP contribution in [0, 0.1) is 18.3 Å². The van der Waals surface area contributed by atoms with Gasteiger partial charge >= 0.3 is 0 Å². The third-order valence-electron chi connectivity index (χ3n) is 5.82. The van der Waals surface area contributed by atoms with Crippen LogP contribution in [-0.4, -0.2) is 9.55 Å². The molecule has 2 heterocycles. The van der Waals surface area contributed by atoms with Crippen LogP contribution >= 0.6 is 34.7 Å². The Morgan fingerprint density at radius 2 is 1.97 bits per heavy atom. The summed E-state index contributed by atoms with van der Waals surface area (Å²) >= 11 is 9.61. The van der Waals surface area contributed by atoms with Crippen LogP contribution in [0.5, 0.6) is 0 Å². The average molecular weight is 478 g/mol. The largest absolute Gasteiger partial charge is 0.268 e. The number of hydrogen-bond donors (Lipinski definition) is 0. The van der Waals surface area contributed by atoms with Crippen molar-refractivity contribution in [1.82, 2.24) is 9.55 Å². The normalized spacial score (nSPS) is 13.2. The van der Waals surface area contributed by atoms with Gasteiger partial charge in [0.25, 0.3) is 5.56 Å². The number of halogens is 1. The Morgan fingerprint density at radius 1 is 1.19 bits per heavy atom. The fourth-order valence-electron chi connectivity index (χ4n) is 4.06. The van der Waals surface area contributed by atoms with E-state index in [0.717, 1.165) is 46.3 Å². The number of aromatic nitrogens is 2. The van der Waals surface area contributed by atoms with E-state index in [9.17, 15) is 4.79 Å². The summed E-state index contributed by atoms with van der Waals surface area (Å²) in [6.45, 7) is 1.95. The zero-order chi connectivity index (χ0) is 22.2. The highest BCUT2D eigenvalue weighted by Gasteiger charge is 2.23. The van der Waals surface area contributed by atoms with Gasteiger partial charge in [-0.25, -0.2) is 4.98 Å². The summed E-state index contributed by atoms with van der Waals surface area (Å²) in [6, 6.07) is 15.4. The van der Waals surface area contributed by atoms with Gasteiger partial charge < -0.3 is 0 Å². The zero-order valence-electron chi connectivity index (χ0n) is 17.5. The summed E-state index contributed by atoms with van der Waals surface area (Å²) in [5, 5.41) is 11.1. The van der Waals surface area contributed by atoms with Gasteiger partial charge in [0.1, 0.15) is 4.83 Å². The van der Waals surface area contributed by atoms with Gasteiger partial charge in [-0.15, -0.1) is 11.3 Å². The highest BCUT2D eigenvalue weighted by atomic mass is 35.5. The predicted octanol–water partition coefficient (Wildman–Crippen LogP) is 6.45. The Balaban J connectivity index is 1.64. The summed E-state index contributed by atoms with van der Waals surface area (Å²) in [4.78, 5) is 20.9. The van der Waals surface area contributed by atoms with E-state index in [1.165, 1.54) is 28.6 Å². The van der Waals surface area contributed by atoms with Crippen LogP contribution in [0.25, 0.3) is 15.9 Å². The quantitative estimate of drug-likeness (QED) is 0.250. The third kappa shape index (κ3) is 3.86. The van der Waals surface area contributed by atoms with Gasteiger partial charge in [0.15, 0.2) is 5.16 Å². The van der Waals surface area contributed by atoms with Crippen LogP contribution in [0.4, 0.5) is 0 Å². The highest BCUT2D eigenvalue weighted by molar-refractivity contribution is 7.98. The number of nitrogens with zero attached hydrogens (tertiary/aromatic N) is 3. The van der Waals surface area contributed by atoms with Crippen molar-refractivity contribution in [2.75, 3.05) is 0 Å². The monoisotopic (exact) mass is 477 g/mol. The van der Waals surface area contributed by atoms with E-state index < -0.39 is 0 Å². The van der Waals surface area contributed by atoms with Gasteiger partial charge in [-0.05, 0) is 73.6 Å². The van der Waals surface area contributed by atoms with Crippen LogP contribution in [0.2, 0.25) is 5.02 Å². The number of aryl methyl sites for hydroxylation is 3. The van der Waals surface area contributed by atoms with Gasteiger partial charge in [0, 0.05) is 15.7 Å². The molecule has 0 aliphatic heterocycles.